The third-order valence-electron chi connectivity index (χ3n) is 9.87. The molecule has 1 unspecified atom stereocenters. The van der Waals surface area contributed by atoms with Crippen LogP contribution >= 0.6 is 0 Å². The van der Waals surface area contributed by atoms with E-state index in [9.17, 15) is 28.8 Å². The number of piperidine rings is 1. The molecule has 6 amide bonds. The number of oxazole rings is 1. The molecule has 4 aromatic rings. The summed E-state index contributed by atoms with van der Waals surface area (Å²) < 4.78 is 29.3. The molecule has 21 heteroatoms. The molecule has 5 heterocycles. The van der Waals surface area contributed by atoms with Crippen LogP contribution in [0, 0.1) is 5.92 Å². The van der Waals surface area contributed by atoms with Gasteiger partial charge in [0.1, 0.15) is 18.1 Å². The van der Waals surface area contributed by atoms with Gasteiger partial charge in [0.25, 0.3) is 23.6 Å². The van der Waals surface area contributed by atoms with Crippen molar-refractivity contribution < 1.29 is 52.1 Å². The molecule has 0 radical (unpaired) electrons. The lowest BCUT2D eigenvalue weighted by Gasteiger charge is -2.27. The number of carbonyl (C=O) groups is 6. The normalized spacial score (nSPS) is 16.1. The van der Waals surface area contributed by atoms with Gasteiger partial charge in [-0.3, -0.25) is 43.7 Å². The zero-order valence-electron chi connectivity index (χ0n) is 33.2. The third kappa shape index (κ3) is 11.0. The highest BCUT2D eigenvalue weighted by Crippen LogP contribution is 2.32. The molecular weight excluding hydrogens is 796 g/mol. The maximum atomic E-state index is 13.2. The van der Waals surface area contributed by atoms with Crippen LogP contribution in [-0.4, -0.2) is 132 Å². The van der Waals surface area contributed by atoms with Gasteiger partial charge in [-0.05, 0) is 49.4 Å². The maximum absolute atomic E-state index is 13.2. The predicted octanol–water partition coefficient (Wildman–Crippen LogP) is 1.69. The fourth-order valence-corrected chi connectivity index (χ4v) is 6.58. The van der Waals surface area contributed by atoms with Crippen LogP contribution in [0.5, 0.6) is 0 Å². The first-order valence-corrected chi connectivity index (χ1v) is 19.9. The number of benzene rings is 1. The number of primary amides is 1. The SMILES string of the molecule is NC(=O)c1nn(CCOCCOCCOCCOCCNc2cccc3c2C(=O)N(C2CCC(=O)NC2=O)C3=O)cc1NC(=O)c1coc(-c2ccnc(NCC3CC3)c2)n1. The number of carbonyl (C=O) groups excluding carboxylic acids is 6. The summed E-state index contributed by atoms with van der Waals surface area (Å²) in [7, 11) is 0. The molecule has 1 aliphatic carbocycles. The molecule has 2 aliphatic heterocycles. The average Bonchev–Trinajstić information content (AvgIpc) is 3.67. The number of rotatable bonds is 24. The van der Waals surface area contributed by atoms with Crippen LogP contribution in [0.4, 0.5) is 17.2 Å². The van der Waals surface area contributed by atoms with E-state index in [1.54, 1.807) is 30.5 Å². The monoisotopic (exact) mass is 842 g/mol. The van der Waals surface area contributed by atoms with Crippen LogP contribution in [-0.2, 0) is 35.1 Å². The van der Waals surface area contributed by atoms with E-state index in [-0.39, 0.29) is 60.1 Å². The lowest BCUT2D eigenvalue weighted by molar-refractivity contribution is -0.136. The average molecular weight is 843 g/mol. The number of hydrogen-bond donors (Lipinski definition) is 5. The fourth-order valence-electron chi connectivity index (χ4n) is 6.58. The molecule has 61 heavy (non-hydrogen) atoms. The largest absolute Gasteiger partial charge is 0.444 e. The molecule has 1 aromatic carbocycles. The second-order valence-electron chi connectivity index (χ2n) is 14.3. The Labute approximate surface area is 349 Å². The standard InChI is InChI=1S/C40H46N10O11/c41-35(52)34-28(45-36(53)29-23-61-38(46-29)25-8-9-43-31(20-25)44-21-24-4-5-24)22-49(48-34)11-13-58-15-17-60-19-18-59-16-14-57-12-10-42-27-3-1-2-26-33(27)40(56)50(39(26)55)30-6-7-32(51)47-37(30)54/h1-3,8-9,20,22-24,30,42H,4-7,10-19,21H2,(H2,41,52)(H,43,44)(H,45,53)(H,47,51,54). The lowest BCUT2D eigenvalue weighted by Crippen LogP contribution is -2.54. The predicted molar refractivity (Wildman–Crippen MR) is 215 cm³/mol. The van der Waals surface area contributed by atoms with Gasteiger partial charge in [-0.2, -0.15) is 5.10 Å². The Balaban J connectivity index is 0.728. The van der Waals surface area contributed by atoms with Gasteiger partial charge in [0, 0.05) is 43.2 Å². The number of aromatic nitrogens is 4. The molecule has 1 saturated heterocycles. The molecule has 21 nitrogen and oxygen atoms in total. The van der Waals surface area contributed by atoms with Crippen molar-refractivity contribution in [3.63, 3.8) is 0 Å². The summed E-state index contributed by atoms with van der Waals surface area (Å²) in [6.45, 7) is 3.97. The summed E-state index contributed by atoms with van der Waals surface area (Å²) >= 11 is 0. The van der Waals surface area contributed by atoms with Gasteiger partial charge in [-0.1, -0.05) is 6.07 Å². The first-order chi connectivity index (χ1) is 29.7. The Morgan fingerprint density at radius 1 is 0.885 bits per heavy atom. The van der Waals surface area contributed by atoms with E-state index in [1.165, 1.54) is 36.0 Å². The summed E-state index contributed by atoms with van der Waals surface area (Å²) in [5.74, 6) is -2.05. The van der Waals surface area contributed by atoms with Gasteiger partial charge in [0.15, 0.2) is 11.4 Å². The minimum atomic E-state index is -1.03. The molecule has 3 aromatic heterocycles. The zero-order chi connectivity index (χ0) is 42.7. The van der Waals surface area contributed by atoms with E-state index in [0.717, 1.165) is 11.4 Å². The lowest BCUT2D eigenvalue weighted by atomic mass is 10.0. The molecule has 0 spiro atoms. The summed E-state index contributed by atoms with van der Waals surface area (Å²) in [6, 6.07) is 7.36. The van der Waals surface area contributed by atoms with Crippen LogP contribution in [0.15, 0.2) is 53.4 Å². The van der Waals surface area contributed by atoms with Gasteiger partial charge in [0.05, 0.1) is 76.2 Å². The molecule has 2 fully saturated rings. The third-order valence-corrected chi connectivity index (χ3v) is 9.87. The van der Waals surface area contributed by atoms with Crippen LogP contribution in [0.3, 0.4) is 0 Å². The molecular formula is C40H46N10O11. The number of pyridine rings is 1. The van der Waals surface area contributed by atoms with E-state index >= 15 is 0 Å². The Morgan fingerprint density at radius 2 is 1.62 bits per heavy atom. The minimum absolute atomic E-state index is 0.00530. The van der Waals surface area contributed by atoms with Gasteiger partial charge in [0.2, 0.25) is 17.7 Å². The number of fused-ring (bicyclic) bond motifs is 1. The number of nitrogens with one attached hydrogen (secondary N) is 4. The maximum Gasteiger partial charge on any atom is 0.277 e. The van der Waals surface area contributed by atoms with Crippen molar-refractivity contribution >= 4 is 52.6 Å². The molecule has 6 N–H and O–H groups in total. The summed E-state index contributed by atoms with van der Waals surface area (Å²) in [5, 5.41) is 15.4. The van der Waals surface area contributed by atoms with E-state index in [4.69, 9.17) is 29.1 Å². The van der Waals surface area contributed by atoms with Crippen LogP contribution < -0.4 is 27.0 Å². The second kappa shape index (κ2) is 20.1. The number of ether oxygens (including phenoxy) is 4. The number of hydrogen-bond acceptors (Lipinski definition) is 16. The van der Waals surface area contributed by atoms with E-state index in [0.29, 0.717) is 75.8 Å². The summed E-state index contributed by atoms with van der Waals surface area (Å²) in [4.78, 5) is 84.7. The quantitative estimate of drug-likeness (QED) is 0.0496. The van der Waals surface area contributed by atoms with Crippen molar-refractivity contribution in [2.45, 2.75) is 38.3 Å². The van der Waals surface area contributed by atoms with Gasteiger partial charge in [-0.25, -0.2) is 9.97 Å². The Hall–Kier alpha value is -6.55. The number of anilines is 3. The van der Waals surface area contributed by atoms with Gasteiger partial charge in [-0.15, -0.1) is 0 Å². The zero-order valence-corrected chi connectivity index (χ0v) is 33.2. The molecule has 1 atom stereocenters. The highest BCUT2D eigenvalue weighted by Gasteiger charge is 2.45. The fraction of sp³-hybridized carbons (Fsp3) is 0.425. The van der Waals surface area contributed by atoms with Crippen molar-refractivity contribution in [1.29, 1.82) is 0 Å². The van der Waals surface area contributed by atoms with Crippen LogP contribution in [0.25, 0.3) is 11.5 Å². The highest BCUT2D eigenvalue weighted by molar-refractivity contribution is 6.25. The second-order valence-corrected chi connectivity index (χ2v) is 14.3. The van der Waals surface area contributed by atoms with E-state index < -0.39 is 41.5 Å². The number of amides is 6. The molecule has 3 aliphatic rings. The summed E-state index contributed by atoms with van der Waals surface area (Å²) in [5.41, 5.74) is 7.02. The number of nitrogens with two attached hydrogens (primary N) is 1. The van der Waals surface area contributed by atoms with Crippen LogP contribution in [0.1, 0.15) is 67.4 Å². The van der Waals surface area contributed by atoms with Gasteiger partial charge < -0.3 is 45.0 Å². The highest BCUT2D eigenvalue weighted by atomic mass is 16.6. The smallest absolute Gasteiger partial charge is 0.277 e. The van der Waals surface area contributed by atoms with Crippen molar-refractivity contribution in [2.75, 3.05) is 81.9 Å². The van der Waals surface area contributed by atoms with Crippen molar-refractivity contribution in [3.05, 3.63) is 71.5 Å². The van der Waals surface area contributed by atoms with Crippen molar-refractivity contribution in [3.8, 4) is 11.5 Å². The van der Waals surface area contributed by atoms with E-state index in [1.807, 2.05) is 0 Å². The Kier molecular flexibility index (Phi) is 14.1. The topological polar surface area (TPSA) is 273 Å². The van der Waals surface area contributed by atoms with Crippen LogP contribution in [0.2, 0.25) is 0 Å². The Morgan fingerprint density at radius 3 is 2.34 bits per heavy atom. The molecule has 322 valence electrons. The molecule has 1 saturated carbocycles. The van der Waals surface area contributed by atoms with E-state index in [2.05, 4.69) is 36.3 Å². The number of nitrogens with zero attached hydrogens (tertiary/aromatic N) is 5. The first-order valence-electron chi connectivity index (χ1n) is 19.9. The van der Waals surface area contributed by atoms with Crippen molar-refractivity contribution in [1.82, 2.24) is 30.0 Å². The van der Waals surface area contributed by atoms with Crippen molar-refractivity contribution in [2.24, 2.45) is 11.7 Å². The molecule has 0 bridgehead atoms. The number of imide groups is 2. The minimum Gasteiger partial charge on any atom is -0.444 e. The molecule has 7 rings (SSSR count). The Bertz CT molecular complexity index is 2250. The first kappa shape index (κ1) is 42.6. The van der Waals surface area contributed by atoms with Gasteiger partial charge >= 0.3 is 0 Å². The summed E-state index contributed by atoms with van der Waals surface area (Å²) in [6.07, 6.45) is 6.91.